The van der Waals surface area contributed by atoms with Crippen molar-refractivity contribution in [1.29, 1.82) is 0 Å². The van der Waals surface area contributed by atoms with Gasteiger partial charge in [-0.2, -0.15) is 0 Å². The topological polar surface area (TPSA) is 67.2 Å². The minimum absolute atomic E-state index is 0.103. The van der Waals surface area contributed by atoms with E-state index in [9.17, 15) is 15.0 Å². The summed E-state index contributed by atoms with van der Waals surface area (Å²) in [6, 6.07) is 12.0. The van der Waals surface area contributed by atoms with Crippen LogP contribution in [0.2, 0.25) is 0 Å². The molecule has 1 aliphatic carbocycles. The first-order valence-corrected chi connectivity index (χ1v) is 11.4. The lowest BCUT2D eigenvalue weighted by molar-refractivity contribution is -0.135. The van der Waals surface area contributed by atoms with Crippen LogP contribution in [0, 0.1) is 0 Å². The van der Waals surface area contributed by atoms with Crippen molar-refractivity contribution < 1.29 is 15.0 Å². The molecule has 0 atom stereocenters. The molecule has 6 nitrogen and oxygen atoms in total. The highest BCUT2D eigenvalue weighted by molar-refractivity contribution is 5.78. The number of fused-ring (bicyclic) bond motifs is 1. The summed E-state index contributed by atoms with van der Waals surface area (Å²) in [7, 11) is 0. The highest BCUT2D eigenvalue weighted by Crippen LogP contribution is 2.32. The van der Waals surface area contributed by atoms with E-state index in [4.69, 9.17) is 0 Å². The Hall–Kier alpha value is -2.57. The van der Waals surface area contributed by atoms with Gasteiger partial charge < -0.3 is 15.1 Å². The number of phenols is 2. The summed E-state index contributed by atoms with van der Waals surface area (Å²) < 4.78 is 0. The number of carbonyl (C=O) groups is 1. The van der Waals surface area contributed by atoms with E-state index in [2.05, 4.69) is 28.0 Å². The zero-order valence-electron chi connectivity index (χ0n) is 18.0. The lowest BCUT2D eigenvalue weighted by atomic mass is 9.91. The zero-order valence-corrected chi connectivity index (χ0v) is 18.0. The number of phenolic OH excluding ortho intramolecular Hbond substituents is 2. The van der Waals surface area contributed by atoms with Crippen LogP contribution in [0.25, 0.3) is 11.1 Å². The van der Waals surface area contributed by atoms with Crippen LogP contribution in [0.3, 0.4) is 0 Å². The fourth-order valence-corrected chi connectivity index (χ4v) is 5.01. The molecule has 1 saturated heterocycles. The fourth-order valence-electron chi connectivity index (χ4n) is 5.01. The van der Waals surface area contributed by atoms with Crippen LogP contribution in [0.5, 0.6) is 11.5 Å². The van der Waals surface area contributed by atoms with Gasteiger partial charge in [0.25, 0.3) is 0 Å². The van der Waals surface area contributed by atoms with Gasteiger partial charge in [0.15, 0.2) is 11.5 Å². The molecule has 2 N–H and O–H groups in total. The van der Waals surface area contributed by atoms with Crippen molar-refractivity contribution in [2.45, 2.75) is 38.3 Å². The number of hydrogen-bond donors (Lipinski definition) is 2. The normalized spacial score (nSPS) is 20.3. The minimum atomic E-state index is -0.105. The predicted molar refractivity (Wildman–Crippen MR) is 120 cm³/mol. The quantitative estimate of drug-likeness (QED) is 0.743. The van der Waals surface area contributed by atoms with E-state index in [-0.39, 0.29) is 17.4 Å². The standard InChI is InChI=1S/C25H31N3O3/c29-23-7-6-19(15-24(23)30)18-4-5-21-16-26(9-8-20(21)14-18)17-25(31)28-12-10-27(11-13-28)22-2-1-3-22/h4-7,14-15,22,29-30H,1-3,8-13,16-17H2. The molecule has 6 heteroatoms. The van der Waals surface area contributed by atoms with E-state index in [0.717, 1.165) is 62.9 Å². The first-order chi connectivity index (χ1) is 15.1. The van der Waals surface area contributed by atoms with E-state index >= 15 is 0 Å². The second kappa shape index (κ2) is 8.52. The number of nitrogens with zero attached hydrogens (tertiary/aromatic N) is 3. The number of carbonyl (C=O) groups excluding carboxylic acids is 1. The summed E-state index contributed by atoms with van der Waals surface area (Å²) in [5.74, 6) is 0.0489. The second-order valence-corrected chi connectivity index (χ2v) is 9.15. The molecule has 2 fully saturated rings. The molecule has 2 heterocycles. The molecule has 1 amide bonds. The molecule has 0 spiro atoms. The molecule has 164 valence electrons. The van der Waals surface area contributed by atoms with Gasteiger partial charge in [0.05, 0.1) is 6.54 Å². The van der Waals surface area contributed by atoms with Crippen molar-refractivity contribution in [3.8, 4) is 22.6 Å². The van der Waals surface area contributed by atoms with Crippen molar-refractivity contribution >= 4 is 5.91 Å². The summed E-state index contributed by atoms with van der Waals surface area (Å²) >= 11 is 0. The van der Waals surface area contributed by atoms with Gasteiger partial charge >= 0.3 is 0 Å². The first kappa shape index (κ1) is 20.3. The first-order valence-electron chi connectivity index (χ1n) is 11.4. The van der Waals surface area contributed by atoms with Crippen LogP contribution < -0.4 is 0 Å². The maximum Gasteiger partial charge on any atom is 0.236 e. The summed E-state index contributed by atoms with van der Waals surface area (Å²) in [5.41, 5.74) is 4.48. The number of amides is 1. The van der Waals surface area contributed by atoms with Crippen molar-refractivity contribution in [3.05, 3.63) is 47.5 Å². The van der Waals surface area contributed by atoms with Crippen LogP contribution in [-0.4, -0.2) is 76.1 Å². The van der Waals surface area contributed by atoms with Gasteiger partial charge in [-0.1, -0.05) is 30.7 Å². The Morgan fingerprint density at radius 3 is 2.32 bits per heavy atom. The molecule has 2 aromatic rings. The summed E-state index contributed by atoms with van der Waals surface area (Å²) in [4.78, 5) is 19.7. The van der Waals surface area contributed by atoms with Crippen molar-refractivity contribution in [3.63, 3.8) is 0 Å². The van der Waals surface area contributed by atoms with E-state index in [1.807, 2.05) is 11.0 Å². The monoisotopic (exact) mass is 421 g/mol. The summed E-state index contributed by atoms with van der Waals surface area (Å²) in [6.07, 6.45) is 4.93. The molecular weight excluding hydrogens is 390 g/mol. The SMILES string of the molecule is O=C(CN1CCc2cc(-c3ccc(O)c(O)c3)ccc2C1)N1CCN(C2CCC2)CC1. The van der Waals surface area contributed by atoms with Crippen LogP contribution in [0.4, 0.5) is 0 Å². The van der Waals surface area contributed by atoms with Gasteiger partial charge in [-0.25, -0.2) is 0 Å². The molecule has 31 heavy (non-hydrogen) atoms. The van der Waals surface area contributed by atoms with Crippen LogP contribution in [0.15, 0.2) is 36.4 Å². The molecule has 1 saturated carbocycles. The molecule has 0 radical (unpaired) electrons. The molecule has 3 aliphatic rings. The third-order valence-corrected chi connectivity index (χ3v) is 7.22. The van der Waals surface area contributed by atoms with Crippen LogP contribution >= 0.6 is 0 Å². The van der Waals surface area contributed by atoms with E-state index < -0.39 is 0 Å². The van der Waals surface area contributed by atoms with E-state index in [1.165, 1.54) is 36.5 Å². The van der Waals surface area contributed by atoms with Crippen LogP contribution in [0.1, 0.15) is 30.4 Å². The average Bonchev–Trinajstić information content (AvgIpc) is 2.74. The third kappa shape index (κ3) is 4.27. The Labute approximate surface area is 183 Å². The van der Waals surface area contributed by atoms with E-state index in [0.29, 0.717) is 6.54 Å². The largest absolute Gasteiger partial charge is 0.504 e. The van der Waals surface area contributed by atoms with Crippen molar-refractivity contribution in [1.82, 2.24) is 14.7 Å². The molecule has 0 unspecified atom stereocenters. The number of aromatic hydroxyl groups is 2. The highest BCUT2D eigenvalue weighted by Gasteiger charge is 2.30. The van der Waals surface area contributed by atoms with Gasteiger partial charge in [0.2, 0.25) is 5.91 Å². The molecule has 0 bridgehead atoms. The lowest BCUT2D eigenvalue weighted by Gasteiger charge is -2.43. The number of rotatable bonds is 4. The number of benzene rings is 2. The maximum absolute atomic E-state index is 12.9. The molecule has 2 aromatic carbocycles. The second-order valence-electron chi connectivity index (χ2n) is 9.15. The average molecular weight is 422 g/mol. The molecular formula is C25H31N3O3. The predicted octanol–water partition coefficient (Wildman–Crippen LogP) is 2.82. The maximum atomic E-state index is 12.9. The molecule has 2 aliphatic heterocycles. The van der Waals surface area contributed by atoms with Crippen LogP contribution in [-0.2, 0) is 17.8 Å². The third-order valence-electron chi connectivity index (χ3n) is 7.22. The molecule has 0 aromatic heterocycles. The summed E-state index contributed by atoms with van der Waals surface area (Å²) in [5, 5.41) is 19.3. The Morgan fingerprint density at radius 2 is 1.61 bits per heavy atom. The van der Waals surface area contributed by atoms with Crippen molar-refractivity contribution in [2.24, 2.45) is 0 Å². The van der Waals surface area contributed by atoms with E-state index in [1.54, 1.807) is 6.07 Å². The summed E-state index contributed by atoms with van der Waals surface area (Å²) in [6.45, 7) is 5.95. The zero-order chi connectivity index (χ0) is 21.4. The number of piperazine rings is 1. The highest BCUT2D eigenvalue weighted by atomic mass is 16.3. The fraction of sp³-hybridized carbons (Fsp3) is 0.480. The van der Waals surface area contributed by atoms with Gasteiger partial charge in [-0.3, -0.25) is 14.6 Å². The minimum Gasteiger partial charge on any atom is -0.504 e. The smallest absolute Gasteiger partial charge is 0.236 e. The number of hydrogen-bond acceptors (Lipinski definition) is 5. The Bertz CT molecular complexity index is 964. The Balaban J connectivity index is 1.18. The van der Waals surface area contributed by atoms with Gasteiger partial charge in [-0.15, -0.1) is 0 Å². The Morgan fingerprint density at radius 1 is 0.871 bits per heavy atom. The Kier molecular flexibility index (Phi) is 5.59. The van der Waals surface area contributed by atoms with Gasteiger partial charge in [-0.05, 0) is 53.6 Å². The van der Waals surface area contributed by atoms with Gasteiger partial charge in [0, 0.05) is 45.3 Å². The lowest BCUT2D eigenvalue weighted by Crippen LogP contribution is -2.55. The van der Waals surface area contributed by atoms with Crippen molar-refractivity contribution in [2.75, 3.05) is 39.3 Å². The molecule has 5 rings (SSSR count). The van der Waals surface area contributed by atoms with Gasteiger partial charge in [0.1, 0.15) is 0 Å².